The molecule has 2 atom stereocenters. The van der Waals surface area contributed by atoms with Crippen LogP contribution in [0.3, 0.4) is 0 Å². The van der Waals surface area contributed by atoms with Crippen molar-refractivity contribution in [3.63, 3.8) is 0 Å². The molecule has 2 aliphatic heterocycles. The molecule has 0 spiro atoms. The van der Waals surface area contributed by atoms with E-state index in [9.17, 15) is 9.59 Å². The topological polar surface area (TPSA) is 93.7 Å². The van der Waals surface area contributed by atoms with Crippen LogP contribution in [0.1, 0.15) is 23.3 Å². The van der Waals surface area contributed by atoms with Crippen LogP contribution in [0.4, 0.5) is 4.79 Å². The normalized spacial score (nSPS) is 22.4. The molecule has 2 N–H and O–H groups in total. The summed E-state index contributed by atoms with van der Waals surface area (Å²) in [6, 6.07) is 7.65. The molecule has 23 heavy (non-hydrogen) atoms. The van der Waals surface area contributed by atoms with E-state index in [-0.39, 0.29) is 6.04 Å². The molecule has 3 amide bonds. The van der Waals surface area contributed by atoms with Crippen LogP contribution in [0.5, 0.6) is 0 Å². The second-order valence-corrected chi connectivity index (χ2v) is 5.56. The van der Waals surface area contributed by atoms with Gasteiger partial charge in [0, 0.05) is 18.5 Å². The van der Waals surface area contributed by atoms with E-state index in [0.717, 1.165) is 16.3 Å². The van der Waals surface area contributed by atoms with Gasteiger partial charge in [0.25, 0.3) is 0 Å². The second-order valence-electron chi connectivity index (χ2n) is 5.40. The Morgan fingerprint density at radius 3 is 2.74 bits per heavy atom. The fourth-order valence-electron chi connectivity index (χ4n) is 3.24. The van der Waals surface area contributed by atoms with Crippen LogP contribution >= 0.6 is 12.9 Å². The van der Waals surface area contributed by atoms with Gasteiger partial charge in [-0.15, -0.1) is 0 Å². The Labute approximate surface area is 137 Å². The Hall–Kier alpha value is -2.52. The van der Waals surface area contributed by atoms with E-state index < -0.39 is 18.0 Å². The predicted molar refractivity (Wildman–Crippen MR) is 82.3 cm³/mol. The molecule has 0 saturated carbocycles. The van der Waals surface area contributed by atoms with Crippen LogP contribution in [0.2, 0.25) is 0 Å². The van der Waals surface area contributed by atoms with E-state index in [1.54, 1.807) is 10.9 Å². The number of fused-ring (bicyclic) bond motifs is 4. The summed E-state index contributed by atoms with van der Waals surface area (Å²) in [5, 5.41) is 5.50. The molecular weight excluding hydrogens is 318 g/mol. The quantitative estimate of drug-likeness (QED) is 0.647. The predicted octanol–water partition coefficient (Wildman–Crippen LogP) is 0.967. The van der Waals surface area contributed by atoms with Crippen LogP contribution < -0.4 is 5.73 Å². The number of para-hydroxylation sites is 1. The molecule has 0 aliphatic carbocycles. The SMILES string of the molecule is NC(=O)C1c2c(cnn2-c2ccccc2)C2CN1C(=O)N2OS. The number of carbonyl (C=O) groups excluding carboxylic acids is 2. The van der Waals surface area contributed by atoms with E-state index in [1.165, 1.54) is 4.90 Å². The molecule has 2 aliphatic rings. The summed E-state index contributed by atoms with van der Waals surface area (Å²) in [5.74, 6) is -0.614. The smallest absolute Gasteiger partial charge is 0.346 e. The number of hydrogen-bond donors (Lipinski definition) is 2. The number of hydroxylamine groups is 2. The number of benzene rings is 1. The maximum absolute atomic E-state index is 12.4. The standard InChI is InChI=1S/C14H13N5O3S/c15-13(20)12-11-9(10-7-17(12)14(21)19(10)22-23)6-16-18(11)8-4-2-1-3-5-8/h1-6,10,12,23H,7H2,(H2,15,20). The van der Waals surface area contributed by atoms with Gasteiger partial charge in [0.15, 0.2) is 6.04 Å². The lowest BCUT2D eigenvalue weighted by Crippen LogP contribution is -2.42. The number of thiol groups is 1. The highest BCUT2D eigenvalue weighted by molar-refractivity contribution is 7.75. The highest BCUT2D eigenvalue weighted by atomic mass is 32.1. The minimum atomic E-state index is -0.898. The molecule has 3 heterocycles. The zero-order chi connectivity index (χ0) is 16.1. The second kappa shape index (κ2) is 5.00. The highest BCUT2D eigenvalue weighted by Gasteiger charge is 2.52. The molecule has 0 radical (unpaired) electrons. The first-order valence-electron chi connectivity index (χ1n) is 6.97. The molecular formula is C14H13N5O3S. The van der Waals surface area contributed by atoms with E-state index in [0.29, 0.717) is 12.2 Å². The highest BCUT2D eigenvalue weighted by Crippen LogP contribution is 2.44. The number of carbonyl (C=O) groups is 2. The Morgan fingerprint density at radius 1 is 1.35 bits per heavy atom. The number of aromatic nitrogens is 2. The van der Waals surface area contributed by atoms with Gasteiger partial charge < -0.3 is 10.6 Å². The van der Waals surface area contributed by atoms with Crippen LogP contribution in [0.15, 0.2) is 36.5 Å². The number of hydrogen-bond acceptors (Lipinski definition) is 5. The maximum atomic E-state index is 12.4. The van der Waals surface area contributed by atoms with Crippen molar-refractivity contribution in [3.05, 3.63) is 47.8 Å². The molecule has 2 bridgehead atoms. The first kappa shape index (κ1) is 14.1. The van der Waals surface area contributed by atoms with E-state index in [1.807, 2.05) is 30.3 Å². The average molecular weight is 331 g/mol. The molecule has 118 valence electrons. The van der Waals surface area contributed by atoms with Gasteiger partial charge in [-0.25, -0.2) is 13.8 Å². The number of nitrogens with zero attached hydrogens (tertiary/aromatic N) is 4. The maximum Gasteiger partial charge on any atom is 0.346 e. The van der Waals surface area contributed by atoms with Gasteiger partial charge in [-0.3, -0.25) is 4.79 Å². The lowest BCUT2D eigenvalue weighted by atomic mass is 9.97. The van der Waals surface area contributed by atoms with Crippen LogP contribution in [-0.4, -0.2) is 38.2 Å². The lowest BCUT2D eigenvalue weighted by Gasteiger charge is -2.29. The third-order valence-electron chi connectivity index (χ3n) is 4.21. The first-order valence-corrected chi connectivity index (χ1v) is 7.34. The molecule has 2 unspecified atom stereocenters. The third-order valence-corrected chi connectivity index (χ3v) is 4.39. The zero-order valence-electron chi connectivity index (χ0n) is 11.9. The van der Waals surface area contributed by atoms with E-state index >= 15 is 0 Å². The molecule has 1 aromatic carbocycles. The summed E-state index contributed by atoms with van der Waals surface area (Å²) < 4.78 is 6.52. The summed E-state index contributed by atoms with van der Waals surface area (Å²) in [5.41, 5.74) is 7.67. The monoisotopic (exact) mass is 331 g/mol. The van der Waals surface area contributed by atoms with Crippen molar-refractivity contribution >= 4 is 24.8 Å². The molecule has 4 rings (SSSR count). The lowest BCUT2D eigenvalue weighted by molar-refractivity contribution is -0.122. The fraction of sp³-hybridized carbons (Fsp3) is 0.214. The third kappa shape index (κ3) is 1.87. The Balaban J connectivity index is 1.93. The van der Waals surface area contributed by atoms with Crippen molar-refractivity contribution in [1.82, 2.24) is 19.7 Å². The molecule has 1 fully saturated rings. The van der Waals surface area contributed by atoms with Gasteiger partial charge in [-0.2, -0.15) is 10.2 Å². The Morgan fingerprint density at radius 2 is 2.09 bits per heavy atom. The fourth-order valence-corrected chi connectivity index (χ4v) is 3.43. The number of amides is 3. The summed E-state index contributed by atoms with van der Waals surface area (Å²) in [6.07, 6.45) is 1.64. The van der Waals surface area contributed by atoms with Crippen molar-refractivity contribution in [2.24, 2.45) is 5.73 Å². The van der Waals surface area contributed by atoms with Crippen molar-refractivity contribution in [1.29, 1.82) is 0 Å². The summed E-state index contributed by atoms with van der Waals surface area (Å²) in [4.78, 5) is 25.8. The van der Waals surface area contributed by atoms with Crippen LogP contribution in [0.25, 0.3) is 5.69 Å². The van der Waals surface area contributed by atoms with Crippen molar-refractivity contribution < 1.29 is 13.9 Å². The number of nitrogens with two attached hydrogens (primary N) is 1. The van der Waals surface area contributed by atoms with Crippen molar-refractivity contribution in [3.8, 4) is 5.69 Å². The number of primary amides is 1. The van der Waals surface area contributed by atoms with E-state index in [4.69, 9.17) is 10.0 Å². The minimum Gasteiger partial charge on any atom is -0.368 e. The average Bonchev–Trinajstić information content (AvgIpc) is 3.10. The molecule has 8 nitrogen and oxygen atoms in total. The largest absolute Gasteiger partial charge is 0.368 e. The van der Waals surface area contributed by atoms with E-state index in [2.05, 4.69) is 18.0 Å². The molecule has 1 saturated heterocycles. The van der Waals surface area contributed by atoms with Crippen LogP contribution in [0, 0.1) is 0 Å². The van der Waals surface area contributed by atoms with Crippen molar-refractivity contribution in [2.75, 3.05) is 6.54 Å². The molecule has 9 heteroatoms. The molecule has 1 aromatic heterocycles. The summed E-state index contributed by atoms with van der Waals surface area (Å²) >= 11 is 3.74. The zero-order valence-corrected chi connectivity index (χ0v) is 12.8. The summed E-state index contributed by atoms with van der Waals surface area (Å²) in [6.45, 7) is 0.306. The summed E-state index contributed by atoms with van der Waals surface area (Å²) in [7, 11) is 0. The van der Waals surface area contributed by atoms with Gasteiger partial charge in [0.2, 0.25) is 5.91 Å². The van der Waals surface area contributed by atoms with Gasteiger partial charge in [-0.05, 0) is 12.1 Å². The Bertz CT molecular complexity index is 793. The van der Waals surface area contributed by atoms with Gasteiger partial charge in [0.1, 0.15) is 6.04 Å². The first-order chi connectivity index (χ1) is 11.1. The number of urea groups is 1. The van der Waals surface area contributed by atoms with Gasteiger partial charge >= 0.3 is 6.03 Å². The molecule has 2 aromatic rings. The van der Waals surface area contributed by atoms with Crippen LogP contribution in [-0.2, 0) is 9.08 Å². The minimum absolute atomic E-state index is 0.306. The van der Waals surface area contributed by atoms with Gasteiger partial charge in [-0.1, -0.05) is 18.2 Å². The van der Waals surface area contributed by atoms with Gasteiger partial charge in [0.05, 0.1) is 24.1 Å². The van der Waals surface area contributed by atoms with Crippen molar-refractivity contribution in [2.45, 2.75) is 12.1 Å². The number of rotatable bonds is 3. The Kier molecular flexibility index (Phi) is 3.06.